The number of nitrogens with zero attached hydrogens (tertiary/aromatic N) is 1. The van der Waals surface area contributed by atoms with Gasteiger partial charge in [0.15, 0.2) is 5.43 Å². The molecule has 2 heterocycles. The predicted octanol–water partition coefficient (Wildman–Crippen LogP) is 5.19. The van der Waals surface area contributed by atoms with Crippen LogP contribution in [0.4, 0.5) is 8.78 Å². The van der Waals surface area contributed by atoms with Crippen molar-refractivity contribution < 1.29 is 8.78 Å². The van der Waals surface area contributed by atoms with Crippen LogP contribution in [0.25, 0.3) is 10.9 Å². The van der Waals surface area contributed by atoms with Crippen LogP contribution in [-0.2, 0) is 0 Å². The van der Waals surface area contributed by atoms with Crippen molar-refractivity contribution in [2.24, 2.45) is 11.8 Å². The molecule has 2 aliphatic carbocycles. The Kier molecular flexibility index (Phi) is 4.41. The number of fused-ring (bicyclic) bond motifs is 1. The lowest BCUT2D eigenvalue weighted by Gasteiger charge is -2.41. The van der Waals surface area contributed by atoms with Crippen LogP contribution in [-0.4, -0.2) is 15.9 Å². The van der Waals surface area contributed by atoms with Gasteiger partial charge < -0.3 is 4.98 Å². The van der Waals surface area contributed by atoms with Crippen LogP contribution in [0, 0.1) is 11.8 Å². The SMILES string of the molecule is C=C1CC[C@@H](c2cc(=O)c3cnccc3[nH]2)C(C2CCC(F)(F)CC2)C1. The minimum absolute atomic E-state index is 0.0206. The first-order valence-corrected chi connectivity index (χ1v) is 9.44. The number of aromatic nitrogens is 2. The smallest absolute Gasteiger partial charge is 0.248 e. The summed E-state index contributed by atoms with van der Waals surface area (Å²) in [5.41, 5.74) is 2.90. The van der Waals surface area contributed by atoms with Gasteiger partial charge in [0.25, 0.3) is 0 Å². The molecule has 1 unspecified atom stereocenters. The van der Waals surface area contributed by atoms with E-state index in [0.717, 1.165) is 30.5 Å². The largest absolute Gasteiger partial charge is 0.358 e. The molecule has 26 heavy (non-hydrogen) atoms. The second-order valence-electron chi connectivity index (χ2n) is 7.97. The highest BCUT2D eigenvalue weighted by molar-refractivity contribution is 5.77. The highest BCUT2D eigenvalue weighted by Crippen LogP contribution is 2.49. The summed E-state index contributed by atoms with van der Waals surface area (Å²) in [6, 6.07) is 3.51. The summed E-state index contributed by atoms with van der Waals surface area (Å²) in [5.74, 6) is -1.76. The van der Waals surface area contributed by atoms with Crippen molar-refractivity contribution >= 4 is 10.9 Å². The number of aromatic amines is 1. The lowest BCUT2D eigenvalue weighted by atomic mass is 9.65. The summed E-state index contributed by atoms with van der Waals surface area (Å²) in [7, 11) is 0. The van der Waals surface area contributed by atoms with Crippen molar-refractivity contribution in [2.45, 2.75) is 56.8 Å². The Morgan fingerprint density at radius 3 is 2.77 bits per heavy atom. The molecule has 2 aliphatic rings. The van der Waals surface area contributed by atoms with E-state index < -0.39 is 5.92 Å². The maximum absolute atomic E-state index is 13.6. The van der Waals surface area contributed by atoms with E-state index in [4.69, 9.17) is 0 Å². The third-order valence-electron chi connectivity index (χ3n) is 6.27. The van der Waals surface area contributed by atoms with Crippen molar-refractivity contribution in [1.29, 1.82) is 0 Å². The molecule has 138 valence electrons. The number of pyridine rings is 2. The molecular weight excluding hydrogens is 334 g/mol. The summed E-state index contributed by atoms with van der Waals surface area (Å²) in [5, 5.41) is 0.588. The molecule has 2 atom stereocenters. The molecule has 2 fully saturated rings. The Hall–Kier alpha value is -2.04. The first kappa shape index (κ1) is 17.4. The van der Waals surface area contributed by atoms with Gasteiger partial charge >= 0.3 is 0 Å². The number of rotatable bonds is 2. The fraction of sp³-hybridized carbons (Fsp3) is 0.524. The van der Waals surface area contributed by atoms with Crippen molar-refractivity contribution in [2.75, 3.05) is 0 Å². The first-order chi connectivity index (χ1) is 12.4. The van der Waals surface area contributed by atoms with Crippen LogP contribution in [0.15, 0.2) is 41.5 Å². The summed E-state index contributed by atoms with van der Waals surface area (Å²) < 4.78 is 27.2. The van der Waals surface area contributed by atoms with E-state index in [-0.39, 0.29) is 36.0 Å². The molecule has 3 nitrogen and oxygen atoms in total. The van der Waals surface area contributed by atoms with Gasteiger partial charge in [0.1, 0.15) is 0 Å². The van der Waals surface area contributed by atoms with Gasteiger partial charge in [0, 0.05) is 42.9 Å². The molecule has 0 spiro atoms. The minimum atomic E-state index is -2.51. The fourth-order valence-corrected chi connectivity index (χ4v) is 4.83. The molecule has 1 N–H and O–H groups in total. The predicted molar refractivity (Wildman–Crippen MR) is 98.5 cm³/mol. The zero-order valence-corrected chi connectivity index (χ0v) is 14.8. The molecule has 0 bridgehead atoms. The molecule has 0 saturated heterocycles. The van der Waals surface area contributed by atoms with E-state index in [1.807, 2.05) is 6.07 Å². The first-order valence-electron chi connectivity index (χ1n) is 9.44. The minimum Gasteiger partial charge on any atom is -0.358 e. The van der Waals surface area contributed by atoms with Gasteiger partial charge in [-0.15, -0.1) is 0 Å². The van der Waals surface area contributed by atoms with Gasteiger partial charge in [0.2, 0.25) is 5.92 Å². The standard InChI is InChI=1S/C21H24F2N2O/c1-13-2-3-15(16(10-13)14-4-7-21(22,23)8-5-14)19-11-20(26)17-12-24-9-6-18(17)25-19/h6,9,11-12,14-16H,1-5,7-8,10H2,(H,25,26)/t15-,16?/m1/s1. The second-order valence-corrected chi connectivity index (χ2v) is 7.97. The monoisotopic (exact) mass is 358 g/mol. The van der Waals surface area contributed by atoms with Gasteiger partial charge in [-0.25, -0.2) is 8.78 Å². The molecule has 2 aromatic heterocycles. The van der Waals surface area contributed by atoms with E-state index in [1.165, 1.54) is 5.57 Å². The Balaban J connectivity index is 1.67. The number of allylic oxidation sites excluding steroid dienone is 1. The molecule has 5 heteroatoms. The Morgan fingerprint density at radius 1 is 1.23 bits per heavy atom. The summed E-state index contributed by atoms with van der Waals surface area (Å²) >= 11 is 0. The van der Waals surface area contributed by atoms with Crippen molar-refractivity contribution in [3.8, 4) is 0 Å². The third-order valence-corrected chi connectivity index (χ3v) is 6.27. The number of hydrogen-bond donors (Lipinski definition) is 1. The van der Waals surface area contributed by atoms with Gasteiger partial charge in [-0.05, 0) is 50.0 Å². The number of nitrogens with one attached hydrogen (secondary N) is 1. The van der Waals surface area contributed by atoms with Crippen LogP contribution in [0.5, 0.6) is 0 Å². The number of hydrogen-bond acceptors (Lipinski definition) is 2. The number of alkyl halides is 2. The van der Waals surface area contributed by atoms with Crippen LogP contribution >= 0.6 is 0 Å². The fourth-order valence-electron chi connectivity index (χ4n) is 4.83. The van der Waals surface area contributed by atoms with Crippen molar-refractivity contribution in [3.63, 3.8) is 0 Å². The highest BCUT2D eigenvalue weighted by atomic mass is 19.3. The Morgan fingerprint density at radius 2 is 2.00 bits per heavy atom. The topological polar surface area (TPSA) is 45.8 Å². The molecule has 2 saturated carbocycles. The lowest BCUT2D eigenvalue weighted by Crippen LogP contribution is -2.33. The average molecular weight is 358 g/mol. The van der Waals surface area contributed by atoms with Crippen LogP contribution < -0.4 is 5.43 Å². The summed E-state index contributed by atoms with van der Waals surface area (Å²) in [6.45, 7) is 4.16. The maximum atomic E-state index is 13.6. The van der Waals surface area contributed by atoms with Crippen LogP contribution in [0.3, 0.4) is 0 Å². The van der Waals surface area contributed by atoms with Crippen molar-refractivity contribution in [3.05, 3.63) is 52.6 Å². The van der Waals surface area contributed by atoms with E-state index in [2.05, 4.69) is 16.5 Å². The van der Waals surface area contributed by atoms with E-state index >= 15 is 0 Å². The van der Waals surface area contributed by atoms with Gasteiger partial charge in [-0.1, -0.05) is 12.2 Å². The number of halogens is 2. The van der Waals surface area contributed by atoms with Crippen LogP contribution in [0.2, 0.25) is 0 Å². The zero-order chi connectivity index (χ0) is 18.3. The molecule has 4 rings (SSSR count). The highest BCUT2D eigenvalue weighted by Gasteiger charge is 2.41. The summed E-state index contributed by atoms with van der Waals surface area (Å²) in [4.78, 5) is 19.9. The zero-order valence-electron chi connectivity index (χ0n) is 14.8. The van der Waals surface area contributed by atoms with Gasteiger partial charge in [0.05, 0.1) is 10.9 Å². The number of H-pyrrole nitrogens is 1. The van der Waals surface area contributed by atoms with Gasteiger partial charge in [-0.3, -0.25) is 9.78 Å². The van der Waals surface area contributed by atoms with Crippen LogP contribution in [0.1, 0.15) is 56.6 Å². The van der Waals surface area contributed by atoms with Gasteiger partial charge in [-0.2, -0.15) is 0 Å². The van der Waals surface area contributed by atoms with E-state index in [0.29, 0.717) is 18.2 Å². The average Bonchev–Trinajstić information content (AvgIpc) is 2.61. The third kappa shape index (κ3) is 3.31. The molecule has 0 aliphatic heterocycles. The molecule has 0 amide bonds. The second kappa shape index (κ2) is 6.60. The Bertz CT molecular complexity index is 879. The van der Waals surface area contributed by atoms with E-state index in [9.17, 15) is 13.6 Å². The molecular formula is C21H24F2N2O. The molecule has 0 radical (unpaired) electrons. The van der Waals surface area contributed by atoms with E-state index in [1.54, 1.807) is 18.5 Å². The normalized spacial score (nSPS) is 26.9. The summed E-state index contributed by atoms with van der Waals surface area (Å²) in [6.07, 6.45) is 7.06. The molecule has 2 aromatic rings. The molecule has 0 aromatic carbocycles. The Labute approximate surface area is 151 Å². The maximum Gasteiger partial charge on any atom is 0.248 e. The quantitative estimate of drug-likeness (QED) is 0.751. The van der Waals surface area contributed by atoms with Crippen molar-refractivity contribution in [1.82, 2.24) is 9.97 Å². The lowest BCUT2D eigenvalue weighted by molar-refractivity contribution is -0.0546.